The van der Waals surface area contributed by atoms with Crippen LogP contribution >= 0.6 is 0 Å². The second kappa shape index (κ2) is 7.47. The largest absolute Gasteiger partial charge is 0.481 e. The summed E-state index contributed by atoms with van der Waals surface area (Å²) in [5.74, 6) is -1.04. The van der Waals surface area contributed by atoms with E-state index in [-0.39, 0.29) is 30.1 Å². The molecule has 110 valence electrons. The number of hydrogen-bond donors (Lipinski definition) is 3. The van der Waals surface area contributed by atoms with E-state index in [1.54, 1.807) is 0 Å². The molecule has 1 rings (SSSR count). The Morgan fingerprint density at radius 2 is 2.05 bits per heavy atom. The van der Waals surface area contributed by atoms with E-state index < -0.39 is 11.9 Å². The second-order valence-corrected chi connectivity index (χ2v) is 5.23. The van der Waals surface area contributed by atoms with Crippen molar-refractivity contribution < 1.29 is 14.7 Å². The van der Waals surface area contributed by atoms with Crippen molar-refractivity contribution in [2.24, 2.45) is 11.8 Å². The third-order valence-corrected chi connectivity index (χ3v) is 2.83. The molecule has 20 heavy (non-hydrogen) atoms. The SMILES string of the molecule is CC(C)C[C@H](CNC(=O)c1cccc(=O)[nH]1)CC(=O)O. The molecular formula is C14H20N2O4. The average Bonchev–Trinajstić information content (AvgIpc) is 2.34. The van der Waals surface area contributed by atoms with Crippen molar-refractivity contribution in [3.05, 3.63) is 34.2 Å². The molecule has 6 nitrogen and oxygen atoms in total. The summed E-state index contributed by atoms with van der Waals surface area (Å²) in [6.07, 6.45) is 0.738. The van der Waals surface area contributed by atoms with Gasteiger partial charge in [-0.15, -0.1) is 0 Å². The first-order chi connectivity index (χ1) is 9.38. The topological polar surface area (TPSA) is 99.3 Å². The van der Waals surface area contributed by atoms with E-state index in [0.29, 0.717) is 5.92 Å². The lowest BCUT2D eigenvalue weighted by molar-refractivity contribution is -0.138. The van der Waals surface area contributed by atoms with Crippen molar-refractivity contribution in [2.75, 3.05) is 6.54 Å². The van der Waals surface area contributed by atoms with Crippen molar-refractivity contribution >= 4 is 11.9 Å². The molecule has 0 aliphatic rings. The van der Waals surface area contributed by atoms with Gasteiger partial charge in [0, 0.05) is 19.0 Å². The van der Waals surface area contributed by atoms with Gasteiger partial charge in [-0.3, -0.25) is 14.4 Å². The summed E-state index contributed by atoms with van der Waals surface area (Å²) in [4.78, 5) is 36.2. The highest BCUT2D eigenvalue weighted by Gasteiger charge is 2.16. The second-order valence-electron chi connectivity index (χ2n) is 5.23. The van der Waals surface area contributed by atoms with Crippen LogP contribution in [0.5, 0.6) is 0 Å². The number of pyridine rings is 1. The zero-order valence-corrected chi connectivity index (χ0v) is 11.7. The summed E-state index contributed by atoms with van der Waals surface area (Å²) >= 11 is 0. The number of carbonyl (C=O) groups excluding carboxylic acids is 1. The summed E-state index contributed by atoms with van der Waals surface area (Å²) in [7, 11) is 0. The normalized spacial score (nSPS) is 12.2. The first-order valence-corrected chi connectivity index (χ1v) is 6.57. The molecule has 0 bridgehead atoms. The summed E-state index contributed by atoms with van der Waals surface area (Å²) in [6.45, 7) is 4.29. The van der Waals surface area contributed by atoms with Crippen LogP contribution < -0.4 is 10.9 Å². The van der Waals surface area contributed by atoms with Crippen LogP contribution in [0.1, 0.15) is 37.2 Å². The van der Waals surface area contributed by atoms with Gasteiger partial charge in [-0.1, -0.05) is 19.9 Å². The van der Waals surface area contributed by atoms with E-state index in [2.05, 4.69) is 10.3 Å². The number of H-pyrrole nitrogens is 1. The van der Waals surface area contributed by atoms with E-state index in [4.69, 9.17) is 5.11 Å². The monoisotopic (exact) mass is 280 g/mol. The van der Waals surface area contributed by atoms with E-state index in [9.17, 15) is 14.4 Å². The van der Waals surface area contributed by atoms with E-state index in [1.807, 2.05) is 13.8 Å². The van der Waals surface area contributed by atoms with Gasteiger partial charge in [0.2, 0.25) is 5.56 Å². The summed E-state index contributed by atoms with van der Waals surface area (Å²) in [5.41, 5.74) is -0.168. The highest BCUT2D eigenvalue weighted by atomic mass is 16.4. The summed E-state index contributed by atoms with van der Waals surface area (Å²) in [5, 5.41) is 11.5. The Kier molecular flexibility index (Phi) is 5.96. The smallest absolute Gasteiger partial charge is 0.303 e. The number of carboxylic acid groups (broad SMARTS) is 1. The number of aromatic amines is 1. The third kappa shape index (κ3) is 5.69. The van der Waals surface area contributed by atoms with Crippen molar-refractivity contribution in [2.45, 2.75) is 26.7 Å². The van der Waals surface area contributed by atoms with Gasteiger partial charge < -0.3 is 15.4 Å². The van der Waals surface area contributed by atoms with Crippen LogP contribution in [0.4, 0.5) is 0 Å². The van der Waals surface area contributed by atoms with Crippen molar-refractivity contribution in [3.8, 4) is 0 Å². The number of hydrogen-bond acceptors (Lipinski definition) is 3. The molecule has 1 aromatic heterocycles. The van der Waals surface area contributed by atoms with Gasteiger partial charge in [0.15, 0.2) is 0 Å². The fourth-order valence-corrected chi connectivity index (χ4v) is 2.06. The van der Waals surface area contributed by atoms with Gasteiger partial charge in [-0.05, 0) is 24.3 Å². The highest BCUT2D eigenvalue weighted by Crippen LogP contribution is 2.14. The molecule has 0 aliphatic carbocycles. The number of nitrogens with one attached hydrogen (secondary N) is 2. The Labute approximate surface area is 117 Å². The van der Waals surface area contributed by atoms with Crippen LogP contribution in [-0.2, 0) is 4.79 Å². The fraction of sp³-hybridized carbons (Fsp3) is 0.500. The predicted octanol–water partition coefficient (Wildman–Crippen LogP) is 1.24. The van der Waals surface area contributed by atoms with E-state index in [1.165, 1.54) is 18.2 Å². The first kappa shape index (κ1) is 15.9. The minimum Gasteiger partial charge on any atom is -0.481 e. The Bertz CT molecular complexity index is 522. The summed E-state index contributed by atoms with van der Waals surface area (Å²) in [6, 6.07) is 4.32. The first-order valence-electron chi connectivity index (χ1n) is 6.57. The highest BCUT2D eigenvalue weighted by molar-refractivity contribution is 5.92. The summed E-state index contributed by atoms with van der Waals surface area (Å²) < 4.78 is 0. The fourth-order valence-electron chi connectivity index (χ4n) is 2.06. The minimum atomic E-state index is -0.877. The number of aliphatic carboxylic acids is 1. The van der Waals surface area contributed by atoms with Gasteiger partial charge in [0.1, 0.15) is 5.69 Å². The minimum absolute atomic E-state index is 0.0176. The zero-order chi connectivity index (χ0) is 15.1. The van der Waals surface area contributed by atoms with Crippen LogP contribution in [-0.4, -0.2) is 28.5 Å². The van der Waals surface area contributed by atoms with Crippen LogP contribution in [0.2, 0.25) is 0 Å². The van der Waals surface area contributed by atoms with E-state index in [0.717, 1.165) is 6.42 Å². The Morgan fingerprint density at radius 3 is 2.60 bits per heavy atom. The van der Waals surface area contributed by atoms with Crippen LogP contribution in [0, 0.1) is 11.8 Å². The number of carbonyl (C=O) groups is 2. The van der Waals surface area contributed by atoms with Crippen molar-refractivity contribution in [1.82, 2.24) is 10.3 Å². The molecule has 0 saturated carbocycles. The van der Waals surface area contributed by atoms with E-state index >= 15 is 0 Å². The molecule has 0 aliphatic heterocycles. The zero-order valence-electron chi connectivity index (χ0n) is 11.7. The molecule has 0 saturated heterocycles. The Morgan fingerprint density at radius 1 is 1.35 bits per heavy atom. The van der Waals surface area contributed by atoms with Gasteiger partial charge >= 0.3 is 5.97 Å². The van der Waals surface area contributed by atoms with Gasteiger partial charge in [0.25, 0.3) is 5.91 Å². The van der Waals surface area contributed by atoms with Crippen LogP contribution in [0.25, 0.3) is 0 Å². The third-order valence-electron chi connectivity index (χ3n) is 2.83. The molecule has 1 aromatic rings. The molecule has 0 spiro atoms. The van der Waals surface area contributed by atoms with Crippen LogP contribution in [0.3, 0.4) is 0 Å². The quantitative estimate of drug-likeness (QED) is 0.699. The molecule has 0 radical (unpaired) electrons. The number of carboxylic acids is 1. The molecule has 0 aromatic carbocycles. The predicted molar refractivity (Wildman–Crippen MR) is 74.6 cm³/mol. The molecule has 1 heterocycles. The lowest BCUT2D eigenvalue weighted by Crippen LogP contribution is -2.32. The molecule has 1 atom stereocenters. The molecule has 6 heteroatoms. The Hall–Kier alpha value is -2.11. The number of aromatic nitrogens is 1. The molecule has 1 amide bonds. The lowest BCUT2D eigenvalue weighted by atomic mass is 9.94. The van der Waals surface area contributed by atoms with Gasteiger partial charge in [-0.25, -0.2) is 0 Å². The lowest BCUT2D eigenvalue weighted by Gasteiger charge is -2.17. The maximum absolute atomic E-state index is 11.8. The average molecular weight is 280 g/mol. The van der Waals surface area contributed by atoms with Gasteiger partial charge in [-0.2, -0.15) is 0 Å². The molecular weight excluding hydrogens is 260 g/mol. The standard InChI is InChI=1S/C14H20N2O4/c1-9(2)6-10(7-13(18)19)8-15-14(20)11-4-3-5-12(17)16-11/h3-5,9-10H,6-8H2,1-2H3,(H,15,20)(H,16,17)(H,18,19)/t10-/m0/s1. The molecule has 0 fully saturated rings. The van der Waals surface area contributed by atoms with Gasteiger partial charge in [0.05, 0.1) is 0 Å². The van der Waals surface area contributed by atoms with Crippen LogP contribution in [0.15, 0.2) is 23.0 Å². The van der Waals surface area contributed by atoms with Crippen molar-refractivity contribution in [3.63, 3.8) is 0 Å². The number of rotatable bonds is 7. The maximum Gasteiger partial charge on any atom is 0.303 e. The molecule has 0 unspecified atom stereocenters. The molecule has 3 N–H and O–H groups in total. The van der Waals surface area contributed by atoms with Crippen molar-refractivity contribution in [1.29, 1.82) is 0 Å². The maximum atomic E-state index is 11.8. The Balaban J connectivity index is 2.60. The number of amides is 1.